The van der Waals surface area contributed by atoms with Crippen molar-refractivity contribution in [3.8, 4) is 0 Å². The first kappa shape index (κ1) is 16.0. The van der Waals surface area contributed by atoms with E-state index in [4.69, 9.17) is 9.97 Å². The van der Waals surface area contributed by atoms with E-state index in [-0.39, 0.29) is 5.54 Å². The number of nitrogens with zero attached hydrogens (tertiary/aromatic N) is 4. The number of rotatable bonds is 2. The maximum Gasteiger partial charge on any atom is 0.107 e. The van der Waals surface area contributed by atoms with Gasteiger partial charge in [-0.15, -0.1) is 11.3 Å². The van der Waals surface area contributed by atoms with E-state index in [9.17, 15) is 0 Å². The second-order valence-electron chi connectivity index (χ2n) is 7.89. The molecule has 1 N–H and O–H groups in total. The van der Waals surface area contributed by atoms with Gasteiger partial charge >= 0.3 is 0 Å². The average molecular weight is 358 g/mol. The zero-order chi connectivity index (χ0) is 16.9. The quantitative estimate of drug-likeness (QED) is 0.898. The minimum atomic E-state index is 0.145. The minimum Gasteiger partial charge on any atom is -0.348 e. The number of aromatic amines is 1. The Morgan fingerprint density at radius 3 is 2.84 bits per heavy atom. The number of imidazole rings is 1. The molecule has 0 amide bonds. The van der Waals surface area contributed by atoms with Crippen molar-refractivity contribution in [3.63, 3.8) is 0 Å². The van der Waals surface area contributed by atoms with Gasteiger partial charge in [-0.25, -0.2) is 9.97 Å². The zero-order valence-electron chi connectivity index (χ0n) is 15.1. The molecule has 1 aliphatic carbocycles. The Morgan fingerprint density at radius 1 is 1.16 bits per heavy atom. The molecule has 1 fully saturated rings. The predicted molar refractivity (Wildman–Crippen MR) is 99.9 cm³/mol. The second-order valence-corrected chi connectivity index (χ2v) is 9.06. The summed E-state index contributed by atoms with van der Waals surface area (Å²) in [6.45, 7) is 4.45. The van der Waals surface area contributed by atoms with E-state index in [1.165, 1.54) is 60.6 Å². The summed E-state index contributed by atoms with van der Waals surface area (Å²) in [5, 5.41) is 1.33. The van der Waals surface area contributed by atoms with Crippen molar-refractivity contribution >= 4 is 11.3 Å². The molecular weight excluding hydrogens is 330 g/mol. The topological polar surface area (TPSA) is 48.1 Å². The van der Waals surface area contributed by atoms with E-state index in [0.717, 1.165) is 32.6 Å². The third-order valence-corrected chi connectivity index (χ3v) is 7.66. The van der Waals surface area contributed by atoms with Crippen molar-refractivity contribution in [2.24, 2.45) is 0 Å². The molecule has 6 heteroatoms. The van der Waals surface area contributed by atoms with Gasteiger partial charge in [0, 0.05) is 36.6 Å². The predicted octanol–water partition coefficient (Wildman–Crippen LogP) is 2.72. The van der Waals surface area contributed by atoms with Gasteiger partial charge in [0.2, 0.25) is 0 Å². The molecule has 0 bridgehead atoms. The highest BCUT2D eigenvalue weighted by atomic mass is 32.1. The Balaban J connectivity index is 1.30. The molecule has 2 aromatic rings. The van der Waals surface area contributed by atoms with Crippen LogP contribution in [0.2, 0.25) is 0 Å². The third-order valence-electron chi connectivity index (χ3n) is 6.52. The Bertz CT molecular complexity index is 732. The van der Waals surface area contributed by atoms with Crippen molar-refractivity contribution in [1.29, 1.82) is 0 Å². The molecule has 134 valence electrons. The summed E-state index contributed by atoms with van der Waals surface area (Å²) in [4.78, 5) is 19.7. The van der Waals surface area contributed by atoms with Crippen molar-refractivity contribution in [1.82, 2.24) is 24.8 Å². The zero-order valence-corrected chi connectivity index (χ0v) is 15.9. The van der Waals surface area contributed by atoms with Gasteiger partial charge in [0.25, 0.3) is 0 Å². The first-order valence-electron chi connectivity index (χ1n) is 9.68. The van der Waals surface area contributed by atoms with Crippen LogP contribution in [-0.4, -0.2) is 51.4 Å². The van der Waals surface area contributed by atoms with Crippen molar-refractivity contribution in [2.75, 3.05) is 26.7 Å². The van der Waals surface area contributed by atoms with Gasteiger partial charge in [-0.2, -0.15) is 0 Å². The lowest BCUT2D eigenvalue weighted by Crippen LogP contribution is -2.54. The lowest BCUT2D eigenvalue weighted by Gasteiger charge is -2.49. The smallest absolute Gasteiger partial charge is 0.107 e. The lowest BCUT2D eigenvalue weighted by atomic mass is 9.79. The third kappa shape index (κ3) is 2.66. The largest absolute Gasteiger partial charge is 0.348 e. The standard InChI is InChI=1S/C19H27N5S/c1-23-9-6-15-18(21-13-20-15)19(23)7-10-24(11-8-19)12-17-22-14-4-2-3-5-16(14)25-17/h13H,2-12H2,1H3,(H,20,21). The number of thiazole rings is 1. The number of nitrogens with one attached hydrogen (secondary N) is 1. The van der Waals surface area contributed by atoms with E-state index in [0.29, 0.717) is 0 Å². The molecule has 4 heterocycles. The maximum atomic E-state index is 4.94. The van der Waals surface area contributed by atoms with Crippen LogP contribution in [0.25, 0.3) is 0 Å². The average Bonchev–Trinajstić information content (AvgIpc) is 3.26. The fourth-order valence-corrected chi connectivity index (χ4v) is 6.15. The summed E-state index contributed by atoms with van der Waals surface area (Å²) in [5.41, 5.74) is 4.21. The van der Waals surface area contributed by atoms with Crippen LogP contribution in [0.15, 0.2) is 6.33 Å². The summed E-state index contributed by atoms with van der Waals surface area (Å²) in [6.07, 6.45) is 10.4. The van der Waals surface area contributed by atoms with Gasteiger partial charge in [-0.3, -0.25) is 9.80 Å². The van der Waals surface area contributed by atoms with Crippen molar-refractivity contribution in [2.45, 2.75) is 57.0 Å². The molecule has 1 spiro atoms. The van der Waals surface area contributed by atoms with Gasteiger partial charge in [-0.05, 0) is 45.6 Å². The number of fused-ring (bicyclic) bond motifs is 3. The van der Waals surface area contributed by atoms with Gasteiger partial charge in [0.15, 0.2) is 0 Å². The number of likely N-dealkylation sites (tertiary alicyclic amines) is 1. The molecule has 0 saturated carbocycles. The molecule has 2 aliphatic heterocycles. The molecule has 0 radical (unpaired) electrons. The van der Waals surface area contributed by atoms with E-state index < -0.39 is 0 Å². The summed E-state index contributed by atoms with van der Waals surface area (Å²) in [6, 6.07) is 0. The number of aryl methyl sites for hydroxylation is 2. The molecule has 2 aromatic heterocycles. The highest BCUT2D eigenvalue weighted by Crippen LogP contribution is 2.41. The van der Waals surface area contributed by atoms with Crippen LogP contribution >= 0.6 is 11.3 Å². The number of likely N-dealkylation sites (N-methyl/N-ethyl adjacent to an activating group) is 1. The van der Waals surface area contributed by atoms with Crippen LogP contribution in [0.1, 0.15) is 52.6 Å². The summed E-state index contributed by atoms with van der Waals surface area (Å²) in [7, 11) is 2.28. The van der Waals surface area contributed by atoms with E-state index in [1.807, 2.05) is 17.7 Å². The van der Waals surface area contributed by atoms with E-state index >= 15 is 0 Å². The molecule has 0 unspecified atom stereocenters. The second kappa shape index (κ2) is 6.18. The normalized spacial score (nSPS) is 23.6. The Kier molecular flexibility index (Phi) is 3.95. The lowest BCUT2D eigenvalue weighted by molar-refractivity contribution is 0.0221. The maximum absolute atomic E-state index is 4.94. The SMILES string of the molecule is CN1CCc2[nH]cnc2C12CCN(Cc1nc3c(s1)CCCC3)CC2. The number of H-pyrrole nitrogens is 1. The van der Waals surface area contributed by atoms with Crippen LogP contribution in [-0.2, 0) is 31.3 Å². The summed E-state index contributed by atoms with van der Waals surface area (Å²) in [5.74, 6) is 0. The van der Waals surface area contributed by atoms with Crippen LogP contribution in [0.3, 0.4) is 0 Å². The molecule has 5 rings (SSSR count). The number of piperidine rings is 1. The Morgan fingerprint density at radius 2 is 2.00 bits per heavy atom. The van der Waals surface area contributed by atoms with Gasteiger partial charge < -0.3 is 4.98 Å². The van der Waals surface area contributed by atoms with E-state index in [1.54, 1.807) is 4.88 Å². The molecule has 5 nitrogen and oxygen atoms in total. The monoisotopic (exact) mass is 357 g/mol. The van der Waals surface area contributed by atoms with Gasteiger partial charge in [0.1, 0.15) is 5.01 Å². The van der Waals surface area contributed by atoms with Gasteiger partial charge in [0.05, 0.1) is 29.8 Å². The van der Waals surface area contributed by atoms with Crippen molar-refractivity contribution < 1.29 is 0 Å². The highest BCUT2D eigenvalue weighted by Gasteiger charge is 2.44. The molecular formula is C19H27N5S. The van der Waals surface area contributed by atoms with Crippen LogP contribution in [0, 0.1) is 0 Å². The Labute approximate surface area is 153 Å². The molecule has 3 aliphatic rings. The Hall–Kier alpha value is -1.24. The first-order chi connectivity index (χ1) is 12.2. The van der Waals surface area contributed by atoms with Gasteiger partial charge in [-0.1, -0.05) is 0 Å². The van der Waals surface area contributed by atoms with Crippen LogP contribution < -0.4 is 0 Å². The van der Waals surface area contributed by atoms with Crippen LogP contribution in [0.5, 0.6) is 0 Å². The molecule has 0 atom stereocenters. The van der Waals surface area contributed by atoms with E-state index in [2.05, 4.69) is 21.8 Å². The van der Waals surface area contributed by atoms with Crippen molar-refractivity contribution in [3.05, 3.63) is 33.3 Å². The number of hydrogen-bond acceptors (Lipinski definition) is 5. The summed E-state index contributed by atoms with van der Waals surface area (Å²) < 4.78 is 0. The number of hydrogen-bond donors (Lipinski definition) is 1. The number of aromatic nitrogens is 3. The molecule has 0 aromatic carbocycles. The van der Waals surface area contributed by atoms with Crippen LogP contribution in [0.4, 0.5) is 0 Å². The fraction of sp³-hybridized carbons (Fsp3) is 0.684. The molecule has 25 heavy (non-hydrogen) atoms. The summed E-state index contributed by atoms with van der Waals surface area (Å²) >= 11 is 1.97. The fourth-order valence-electron chi connectivity index (χ4n) is 4.95. The first-order valence-corrected chi connectivity index (χ1v) is 10.5. The molecule has 1 saturated heterocycles. The minimum absolute atomic E-state index is 0.145. The highest BCUT2D eigenvalue weighted by molar-refractivity contribution is 7.11.